The Morgan fingerprint density at radius 3 is 2.41 bits per heavy atom. The monoisotopic (exact) mass is 260 g/mol. The topological polar surface area (TPSA) is 31.0 Å². The molecule has 1 heterocycles. The summed E-state index contributed by atoms with van der Waals surface area (Å²) >= 11 is 0. The van der Waals surface area contributed by atoms with Crippen molar-refractivity contribution in [2.75, 3.05) is 26.4 Å². The zero-order valence-electron chi connectivity index (χ0n) is 11.7. The molecule has 1 aliphatic rings. The average molecular weight is 260 g/mol. The van der Waals surface area contributed by atoms with Crippen molar-refractivity contribution in [3.63, 3.8) is 0 Å². The van der Waals surface area contributed by atoms with Crippen LogP contribution in [-0.2, 0) is 13.9 Å². The van der Waals surface area contributed by atoms with Gasteiger partial charge in [0.1, 0.15) is 6.10 Å². The van der Waals surface area contributed by atoms with Crippen LogP contribution in [0.4, 0.5) is 0 Å². The average Bonchev–Trinajstić information content (AvgIpc) is 3.16. The molecule has 4 heteroatoms. The number of hydrogen-bond donors (Lipinski definition) is 0. The molecule has 0 N–H and O–H groups in total. The Labute approximate surface area is 107 Å². The first kappa shape index (κ1) is 15.2. The zero-order valence-corrected chi connectivity index (χ0v) is 12.7. The summed E-state index contributed by atoms with van der Waals surface area (Å²) in [4.78, 5) is 0. The van der Waals surface area contributed by atoms with Crippen LogP contribution in [0.1, 0.15) is 33.6 Å². The zero-order chi connectivity index (χ0) is 12.6. The van der Waals surface area contributed by atoms with Crippen LogP contribution in [0.3, 0.4) is 0 Å². The lowest BCUT2D eigenvalue weighted by molar-refractivity contribution is 0.114. The van der Waals surface area contributed by atoms with Gasteiger partial charge in [0.05, 0.1) is 13.2 Å². The summed E-state index contributed by atoms with van der Waals surface area (Å²) in [5.74, 6) is 0. The van der Waals surface area contributed by atoms with Gasteiger partial charge in [0.25, 0.3) is 0 Å². The quantitative estimate of drug-likeness (QED) is 0.325. The summed E-state index contributed by atoms with van der Waals surface area (Å²) in [6.45, 7) is 10.1. The molecule has 102 valence electrons. The molecule has 0 aliphatic carbocycles. The van der Waals surface area contributed by atoms with Crippen molar-refractivity contribution in [1.29, 1.82) is 0 Å². The summed E-state index contributed by atoms with van der Waals surface area (Å²) < 4.78 is 16.7. The molecule has 0 bridgehead atoms. The number of unbranched alkanes of at least 4 members (excludes halogenated alkanes) is 1. The van der Waals surface area contributed by atoms with Crippen LogP contribution < -0.4 is 0 Å². The normalized spacial score (nSPS) is 19.6. The minimum atomic E-state index is -1.39. The lowest BCUT2D eigenvalue weighted by Gasteiger charge is -2.28. The maximum atomic E-state index is 6.06. The number of hydrogen-bond acceptors (Lipinski definition) is 3. The first-order chi connectivity index (χ1) is 8.26. The number of rotatable bonds is 11. The number of epoxide rings is 1. The third-order valence-corrected chi connectivity index (χ3v) is 8.36. The van der Waals surface area contributed by atoms with E-state index >= 15 is 0 Å². The minimum Gasteiger partial charge on any atom is -0.417 e. The van der Waals surface area contributed by atoms with E-state index in [-0.39, 0.29) is 0 Å². The second-order valence-electron chi connectivity index (χ2n) is 4.81. The van der Waals surface area contributed by atoms with Crippen molar-refractivity contribution in [2.45, 2.75) is 57.8 Å². The molecule has 1 aliphatic heterocycles. The SMILES string of the molecule is CCO[Si](CC)(CC)CCCCOCC1CO1. The molecule has 0 aromatic rings. The Hall–Kier alpha value is 0.0969. The fourth-order valence-electron chi connectivity index (χ4n) is 2.22. The highest BCUT2D eigenvalue weighted by Gasteiger charge is 2.29. The Morgan fingerprint density at radius 2 is 1.88 bits per heavy atom. The molecule has 17 heavy (non-hydrogen) atoms. The van der Waals surface area contributed by atoms with Gasteiger partial charge in [-0.2, -0.15) is 0 Å². The fraction of sp³-hybridized carbons (Fsp3) is 1.00. The van der Waals surface area contributed by atoms with Crippen LogP contribution in [-0.4, -0.2) is 40.8 Å². The van der Waals surface area contributed by atoms with Gasteiger partial charge < -0.3 is 13.9 Å². The fourth-order valence-corrected chi connectivity index (χ4v) is 5.48. The van der Waals surface area contributed by atoms with E-state index in [4.69, 9.17) is 13.9 Å². The van der Waals surface area contributed by atoms with Crippen molar-refractivity contribution >= 4 is 8.32 Å². The van der Waals surface area contributed by atoms with Gasteiger partial charge in [-0.1, -0.05) is 20.3 Å². The highest BCUT2D eigenvalue weighted by atomic mass is 28.4. The van der Waals surface area contributed by atoms with E-state index < -0.39 is 8.32 Å². The van der Waals surface area contributed by atoms with Crippen LogP contribution in [0.25, 0.3) is 0 Å². The third kappa shape index (κ3) is 6.00. The molecule has 0 amide bonds. The van der Waals surface area contributed by atoms with E-state index in [1.54, 1.807) is 0 Å². The molecular formula is C13H28O3Si. The van der Waals surface area contributed by atoms with Crippen molar-refractivity contribution < 1.29 is 13.9 Å². The summed E-state index contributed by atoms with van der Waals surface area (Å²) in [5, 5.41) is 0. The predicted molar refractivity (Wildman–Crippen MR) is 72.9 cm³/mol. The van der Waals surface area contributed by atoms with Gasteiger partial charge in [0, 0.05) is 13.2 Å². The molecule has 1 unspecified atom stereocenters. The van der Waals surface area contributed by atoms with Crippen LogP contribution in [0.15, 0.2) is 0 Å². The van der Waals surface area contributed by atoms with Gasteiger partial charge in [0.15, 0.2) is 8.32 Å². The van der Waals surface area contributed by atoms with Gasteiger partial charge in [0.2, 0.25) is 0 Å². The van der Waals surface area contributed by atoms with Crippen LogP contribution >= 0.6 is 0 Å². The van der Waals surface area contributed by atoms with E-state index in [9.17, 15) is 0 Å². The van der Waals surface area contributed by atoms with Gasteiger partial charge in [-0.15, -0.1) is 0 Å². The molecule has 1 saturated heterocycles. The van der Waals surface area contributed by atoms with Crippen LogP contribution in [0.5, 0.6) is 0 Å². The Bertz CT molecular complexity index is 191. The maximum absolute atomic E-state index is 6.06. The van der Waals surface area contributed by atoms with Crippen LogP contribution in [0.2, 0.25) is 18.1 Å². The number of ether oxygens (including phenoxy) is 2. The molecule has 1 fully saturated rings. The molecule has 0 radical (unpaired) electrons. The standard InChI is InChI=1S/C13H28O3Si/c1-4-16-17(5-2,6-3)10-8-7-9-14-11-13-12-15-13/h13H,4-12H2,1-3H3. The highest BCUT2D eigenvalue weighted by molar-refractivity contribution is 6.73. The highest BCUT2D eigenvalue weighted by Crippen LogP contribution is 2.24. The Kier molecular flexibility index (Phi) is 7.35. The van der Waals surface area contributed by atoms with Crippen LogP contribution in [0, 0.1) is 0 Å². The lowest BCUT2D eigenvalue weighted by Crippen LogP contribution is -2.36. The lowest BCUT2D eigenvalue weighted by atomic mass is 10.3. The van der Waals surface area contributed by atoms with Gasteiger partial charge >= 0.3 is 0 Å². The summed E-state index contributed by atoms with van der Waals surface area (Å²) in [5.41, 5.74) is 0. The molecule has 0 spiro atoms. The molecule has 0 saturated carbocycles. The van der Waals surface area contributed by atoms with Crippen molar-refractivity contribution in [3.05, 3.63) is 0 Å². The molecule has 0 aromatic carbocycles. The second-order valence-corrected chi connectivity index (χ2v) is 9.38. The summed E-state index contributed by atoms with van der Waals surface area (Å²) in [6, 6.07) is 3.78. The van der Waals surface area contributed by atoms with Crippen molar-refractivity contribution in [1.82, 2.24) is 0 Å². The Morgan fingerprint density at radius 1 is 1.18 bits per heavy atom. The van der Waals surface area contributed by atoms with E-state index in [1.807, 2.05) is 0 Å². The third-order valence-electron chi connectivity index (χ3n) is 3.62. The first-order valence-corrected chi connectivity index (χ1v) is 9.62. The van der Waals surface area contributed by atoms with Gasteiger partial charge in [-0.25, -0.2) is 0 Å². The Balaban J connectivity index is 2.04. The van der Waals surface area contributed by atoms with E-state index in [0.29, 0.717) is 6.10 Å². The van der Waals surface area contributed by atoms with Crippen molar-refractivity contribution in [2.24, 2.45) is 0 Å². The largest absolute Gasteiger partial charge is 0.417 e. The van der Waals surface area contributed by atoms with E-state index in [2.05, 4.69) is 20.8 Å². The second kappa shape index (κ2) is 8.24. The molecule has 1 rings (SSSR count). The smallest absolute Gasteiger partial charge is 0.192 e. The molecular weight excluding hydrogens is 232 g/mol. The molecule has 0 aromatic heterocycles. The maximum Gasteiger partial charge on any atom is 0.192 e. The summed E-state index contributed by atoms with van der Waals surface area (Å²) in [6.07, 6.45) is 2.81. The molecule has 3 nitrogen and oxygen atoms in total. The predicted octanol–water partition coefficient (Wildman–Crippen LogP) is 3.20. The first-order valence-electron chi connectivity index (χ1n) is 7.09. The van der Waals surface area contributed by atoms with E-state index in [1.165, 1.54) is 24.6 Å². The van der Waals surface area contributed by atoms with Gasteiger partial charge in [-0.3, -0.25) is 0 Å². The minimum absolute atomic E-state index is 0.401. The van der Waals surface area contributed by atoms with E-state index in [0.717, 1.165) is 32.8 Å². The van der Waals surface area contributed by atoms with Crippen molar-refractivity contribution in [3.8, 4) is 0 Å². The van der Waals surface area contributed by atoms with Gasteiger partial charge in [-0.05, 0) is 31.5 Å². The molecule has 1 atom stereocenters. The summed E-state index contributed by atoms with van der Waals surface area (Å²) in [7, 11) is -1.39.